The van der Waals surface area contributed by atoms with Crippen molar-refractivity contribution in [3.63, 3.8) is 0 Å². The van der Waals surface area contributed by atoms with Crippen LogP contribution < -0.4 is 0 Å². The van der Waals surface area contributed by atoms with Crippen LogP contribution in [0.5, 0.6) is 0 Å². The summed E-state index contributed by atoms with van der Waals surface area (Å²) >= 11 is 0. The van der Waals surface area contributed by atoms with Gasteiger partial charge < -0.3 is 10.0 Å². The van der Waals surface area contributed by atoms with Crippen LogP contribution >= 0.6 is 0 Å². The first kappa shape index (κ1) is 18.3. The molecule has 1 aliphatic rings. The lowest BCUT2D eigenvalue weighted by Gasteiger charge is -2.27. The zero-order chi connectivity index (χ0) is 18.0. The molecule has 1 fully saturated rings. The van der Waals surface area contributed by atoms with Crippen molar-refractivity contribution >= 4 is 11.9 Å². The van der Waals surface area contributed by atoms with E-state index in [1.54, 1.807) is 0 Å². The third-order valence-electron chi connectivity index (χ3n) is 4.55. The van der Waals surface area contributed by atoms with E-state index in [0.717, 1.165) is 16.0 Å². The minimum absolute atomic E-state index is 0.113. The molecule has 2 rings (SSSR count). The third-order valence-corrected chi connectivity index (χ3v) is 4.55. The summed E-state index contributed by atoms with van der Waals surface area (Å²) in [7, 11) is 0. The molecule has 0 aromatic heterocycles. The zero-order valence-electron chi connectivity index (χ0n) is 13.4. The molecular weight excluding hydrogens is 323 g/mol. The lowest BCUT2D eigenvalue weighted by atomic mass is 9.86. The average molecular weight is 343 g/mol. The monoisotopic (exact) mass is 343 g/mol. The molecule has 1 aliphatic heterocycles. The second-order valence-electron chi connectivity index (χ2n) is 6.29. The fourth-order valence-electron chi connectivity index (χ4n) is 2.91. The van der Waals surface area contributed by atoms with Crippen LogP contribution in [0.4, 0.5) is 13.2 Å². The number of hydrogen-bond acceptors (Lipinski definition) is 2. The molecule has 0 aliphatic carbocycles. The highest BCUT2D eigenvalue weighted by atomic mass is 19.4. The van der Waals surface area contributed by atoms with E-state index in [9.17, 15) is 22.8 Å². The molecule has 4 nitrogen and oxygen atoms in total. The van der Waals surface area contributed by atoms with Crippen LogP contribution in [0.25, 0.3) is 0 Å². The smallest absolute Gasteiger partial charge is 0.406 e. The molecule has 1 saturated heterocycles. The number of aryl methyl sites for hydroxylation is 2. The first-order chi connectivity index (χ1) is 11.2. The Balaban J connectivity index is 1.90. The van der Waals surface area contributed by atoms with Crippen LogP contribution in [0.15, 0.2) is 24.3 Å². The Morgan fingerprint density at radius 2 is 1.88 bits per heavy atom. The highest BCUT2D eigenvalue weighted by molar-refractivity contribution is 5.81. The van der Waals surface area contributed by atoms with Crippen LogP contribution in [0, 0.1) is 12.3 Å². The van der Waals surface area contributed by atoms with Crippen molar-refractivity contribution in [2.24, 2.45) is 5.41 Å². The van der Waals surface area contributed by atoms with Crippen LogP contribution in [0.3, 0.4) is 0 Å². The maximum absolute atomic E-state index is 13.1. The largest absolute Gasteiger partial charge is 0.481 e. The maximum Gasteiger partial charge on any atom is 0.406 e. The number of likely N-dealkylation sites (tertiary alicyclic amines) is 1. The Morgan fingerprint density at radius 3 is 2.38 bits per heavy atom. The number of halogens is 3. The minimum atomic E-state index is -4.87. The molecule has 0 bridgehead atoms. The van der Waals surface area contributed by atoms with Crippen LogP contribution in [-0.2, 0) is 16.0 Å². The number of carbonyl (C=O) groups excluding carboxylic acids is 1. The van der Waals surface area contributed by atoms with Crippen molar-refractivity contribution in [1.29, 1.82) is 0 Å². The molecule has 24 heavy (non-hydrogen) atoms. The van der Waals surface area contributed by atoms with Gasteiger partial charge in [0.05, 0.1) is 0 Å². The summed E-state index contributed by atoms with van der Waals surface area (Å²) < 4.78 is 39.3. The van der Waals surface area contributed by atoms with E-state index in [1.807, 2.05) is 31.2 Å². The summed E-state index contributed by atoms with van der Waals surface area (Å²) in [6.07, 6.45) is -4.17. The summed E-state index contributed by atoms with van der Waals surface area (Å²) in [5, 5.41) is 8.99. The van der Waals surface area contributed by atoms with Gasteiger partial charge in [-0.2, -0.15) is 13.2 Å². The fraction of sp³-hybridized carbons (Fsp3) is 0.529. The molecule has 1 atom stereocenters. The summed E-state index contributed by atoms with van der Waals surface area (Å²) in [4.78, 5) is 24.2. The second-order valence-corrected chi connectivity index (χ2v) is 6.29. The van der Waals surface area contributed by atoms with Gasteiger partial charge in [-0.3, -0.25) is 9.59 Å². The number of amides is 1. The number of nitrogens with zero attached hydrogens (tertiary/aromatic N) is 1. The van der Waals surface area contributed by atoms with Gasteiger partial charge in [-0.1, -0.05) is 29.8 Å². The third kappa shape index (κ3) is 3.71. The SMILES string of the molecule is Cc1ccc(CCCC(=O)N2CCC(C(=O)O)(C(F)(F)F)C2)cc1. The summed E-state index contributed by atoms with van der Waals surface area (Å²) in [6, 6.07) is 7.83. The van der Waals surface area contributed by atoms with Crippen molar-refractivity contribution in [3.8, 4) is 0 Å². The number of carboxylic acids is 1. The van der Waals surface area contributed by atoms with Crippen LogP contribution in [0.2, 0.25) is 0 Å². The number of carboxylic acid groups (broad SMARTS) is 1. The predicted molar refractivity (Wildman–Crippen MR) is 81.4 cm³/mol. The van der Waals surface area contributed by atoms with E-state index < -0.39 is 36.4 Å². The molecule has 1 aromatic rings. The summed E-state index contributed by atoms with van der Waals surface area (Å²) in [6.45, 7) is 1.00. The van der Waals surface area contributed by atoms with Crippen LogP contribution in [-0.4, -0.2) is 41.1 Å². The van der Waals surface area contributed by atoms with Crippen molar-refractivity contribution < 1.29 is 27.9 Å². The molecule has 1 N–H and O–H groups in total. The second kappa shape index (κ2) is 6.83. The first-order valence-corrected chi connectivity index (χ1v) is 7.79. The van der Waals surface area contributed by atoms with E-state index in [4.69, 9.17) is 5.11 Å². The molecule has 1 unspecified atom stereocenters. The van der Waals surface area contributed by atoms with E-state index in [-0.39, 0.29) is 13.0 Å². The molecular formula is C17H20F3NO3. The maximum atomic E-state index is 13.1. The van der Waals surface area contributed by atoms with Gasteiger partial charge in [0.25, 0.3) is 0 Å². The molecule has 7 heteroatoms. The molecule has 0 radical (unpaired) electrons. The quantitative estimate of drug-likeness (QED) is 0.893. The van der Waals surface area contributed by atoms with E-state index in [2.05, 4.69) is 0 Å². The summed E-state index contributed by atoms with van der Waals surface area (Å²) in [5.74, 6) is -2.33. The molecule has 0 spiro atoms. The van der Waals surface area contributed by atoms with E-state index in [1.165, 1.54) is 0 Å². The number of alkyl halides is 3. The normalized spacial score (nSPS) is 21.1. The van der Waals surface area contributed by atoms with E-state index in [0.29, 0.717) is 12.8 Å². The predicted octanol–water partition coefficient (Wildman–Crippen LogP) is 3.18. The summed E-state index contributed by atoms with van der Waals surface area (Å²) in [5.41, 5.74) is -0.645. The highest BCUT2D eigenvalue weighted by Crippen LogP contribution is 2.45. The molecule has 1 heterocycles. The van der Waals surface area contributed by atoms with Gasteiger partial charge >= 0.3 is 12.1 Å². The molecule has 132 valence electrons. The van der Waals surface area contributed by atoms with Gasteiger partial charge in [0.15, 0.2) is 5.41 Å². The molecule has 1 aromatic carbocycles. The lowest BCUT2D eigenvalue weighted by Crippen LogP contribution is -2.47. The van der Waals surface area contributed by atoms with E-state index >= 15 is 0 Å². The Kier molecular flexibility index (Phi) is 5.20. The van der Waals surface area contributed by atoms with Crippen LogP contribution in [0.1, 0.15) is 30.4 Å². The van der Waals surface area contributed by atoms with Crippen molar-refractivity contribution in [1.82, 2.24) is 4.90 Å². The molecule has 1 amide bonds. The van der Waals surface area contributed by atoms with Gasteiger partial charge in [0.1, 0.15) is 0 Å². The topological polar surface area (TPSA) is 57.6 Å². The Hall–Kier alpha value is -2.05. The van der Waals surface area contributed by atoms with Gasteiger partial charge in [0, 0.05) is 19.5 Å². The van der Waals surface area contributed by atoms with Gasteiger partial charge in [-0.15, -0.1) is 0 Å². The number of rotatable bonds is 5. The Bertz CT molecular complexity index is 613. The minimum Gasteiger partial charge on any atom is -0.481 e. The Morgan fingerprint density at radius 1 is 1.25 bits per heavy atom. The highest BCUT2D eigenvalue weighted by Gasteiger charge is 2.64. The number of benzene rings is 1. The number of aliphatic carboxylic acids is 1. The van der Waals surface area contributed by atoms with Gasteiger partial charge in [-0.25, -0.2) is 0 Å². The Labute approximate surface area is 138 Å². The standard InChI is InChI=1S/C17H20F3NO3/c1-12-5-7-13(8-6-12)3-2-4-14(22)21-10-9-16(11-21,15(23)24)17(18,19)20/h5-8H,2-4,9-11H2,1H3,(H,23,24). The van der Waals surface area contributed by atoms with Gasteiger partial charge in [-0.05, 0) is 31.7 Å². The molecule has 0 saturated carbocycles. The van der Waals surface area contributed by atoms with Crippen molar-refractivity contribution in [2.45, 2.75) is 38.8 Å². The number of carbonyl (C=O) groups is 2. The first-order valence-electron chi connectivity index (χ1n) is 7.79. The lowest BCUT2D eigenvalue weighted by molar-refractivity contribution is -0.227. The van der Waals surface area contributed by atoms with Crippen molar-refractivity contribution in [3.05, 3.63) is 35.4 Å². The fourth-order valence-corrected chi connectivity index (χ4v) is 2.91. The zero-order valence-corrected chi connectivity index (χ0v) is 13.4. The average Bonchev–Trinajstić information content (AvgIpc) is 2.96. The van der Waals surface area contributed by atoms with Gasteiger partial charge in [0.2, 0.25) is 5.91 Å². The number of hydrogen-bond donors (Lipinski definition) is 1. The van der Waals surface area contributed by atoms with Crippen molar-refractivity contribution in [2.75, 3.05) is 13.1 Å².